The molecule has 2 aromatic heterocycles. The van der Waals surface area contributed by atoms with Gasteiger partial charge in [-0.25, -0.2) is 9.37 Å². The standard InChI is InChI=1S/C23H31ClFN7O/c1-15(27-13-16-8-9-18(24)17(12-16)23(2,3)25)33-11-7-6-10-32-14-28-19-20(26)29-22(31(4)5)30-21(19)32/h8-9,12,14,27H,1,6-7,10-11,13H2,2-5H3,(H2,26,29,30). The number of halogens is 2. The van der Waals surface area contributed by atoms with Gasteiger partial charge in [0.1, 0.15) is 11.2 Å². The van der Waals surface area contributed by atoms with Crippen molar-refractivity contribution < 1.29 is 9.13 Å². The van der Waals surface area contributed by atoms with Crippen molar-refractivity contribution in [3.63, 3.8) is 0 Å². The van der Waals surface area contributed by atoms with Crippen molar-refractivity contribution in [1.29, 1.82) is 0 Å². The molecule has 0 atom stereocenters. The van der Waals surface area contributed by atoms with Crippen LogP contribution in [0.25, 0.3) is 11.2 Å². The Kier molecular flexibility index (Phi) is 7.63. The number of ether oxygens (including phenoxy) is 1. The molecule has 0 aliphatic carbocycles. The maximum Gasteiger partial charge on any atom is 0.228 e. The molecular formula is C23H31ClFN7O. The molecule has 3 aromatic rings. The van der Waals surface area contributed by atoms with Gasteiger partial charge in [0.25, 0.3) is 0 Å². The molecular weight excluding hydrogens is 445 g/mol. The minimum Gasteiger partial charge on any atom is -0.480 e. The molecule has 3 N–H and O–H groups in total. The molecule has 0 spiro atoms. The Hall–Kier alpha value is -3.07. The zero-order valence-electron chi connectivity index (χ0n) is 19.5. The number of hydrogen-bond acceptors (Lipinski definition) is 7. The summed E-state index contributed by atoms with van der Waals surface area (Å²) in [5.41, 5.74) is 7.19. The molecule has 0 saturated heterocycles. The maximum atomic E-state index is 14.3. The van der Waals surface area contributed by atoms with E-state index in [0.29, 0.717) is 46.9 Å². The summed E-state index contributed by atoms with van der Waals surface area (Å²) in [6, 6.07) is 5.32. The summed E-state index contributed by atoms with van der Waals surface area (Å²) < 4.78 is 21.9. The largest absolute Gasteiger partial charge is 0.480 e. The molecule has 10 heteroatoms. The van der Waals surface area contributed by atoms with Crippen LogP contribution in [0.15, 0.2) is 37.0 Å². The topological polar surface area (TPSA) is 94.1 Å². The number of benzene rings is 1. The fourth-order valence-electron chi connectivity index (χ4n) is 3.29. The van der Waals surface area contributed by atoms with Crippen LogP contribution >= 0.6 is 11.6 Å². The Bertz CT molecular complexity index is 1120. The molecule has 0 unspecified atom stereocenters. The highest BCUT2D eigenvalue weighted by atomic mass is 35.5. The average Bonchev–Trinajstić information content (AvgIpc) is 3.15. The molecule has 1 aromatic carbocycles. The first kappa shape index (κ1) is 24.6. The number of unbranched alkanes of at least 4 members (excludes halogenated alkanes) is 1. The van der Waals surface area contributed by atoms with Crippen LogP contribution < -0.4 is 16.0 Å². The van der Waals surface area contributed by atoms with E-state index in [1.807, 2.05) is 29.6 Å². The lowest BCUT2D eigenvalue weighted by Gasteiger charge is -2.18. The van der Waals surface area contributed by atoms with Crippen LogP contribution in [0.3, 0.4) is 0 Å². The quantitative estimate of drug-likeness (QED) is 0.313. The van der Waals surface area contributed by atoms with Crippen molar-refractivity contribution in [2.45, 2.75) is 45.4 Å². The van der Waals surface area contributed by atoms with Gasteiger partial charge in [-0.3, -0.25) is 0 Å². The number of nitrogens with one attached hydrogen (secondary N) is 1. The maximum absolute atomic E-state index is 14.3. The Morgan fingerprint density at radius 1 is 1.30 bits per heavy atom. The van der Waals surface area contributed by atoms with E-state index in [1.54, 1.807) is 18.5 Å². The van der Waals surface area contributed by atoms with Crippen molar-refractivity contribution in [3.05, 3.63) is 53.1 Å². The van der Waals surface area contributed by atoms with Crippen LogP contribution in [0, 0.1) is 0 Å². The zero-order valence-corrected chi connectivity index (χ0v) is 20.3. The summed E-state index contributed by atoms with van der Waals surface area (Å²) in [6.45, 7) is 8.59. The van der Waals surface area contributed by atoms with E-state index < -0.39 is 5.67 Å². The van der Waals surface area contributed by atoms with E-state index in [2.05, 4.69) is 26.8 Å². The van der Waals surface area contributed by atoms with E-state index in [4.69, 9.17) is 22.1 Å². The van der Waals surface area contributed by atoms with Gasteiger partial charge < -0.3 is 25.3 Å². The highest BCUT2D eigenvalue weighted by Crippen LogP contribution is 2.31. The minimum atomic E-state index is -1.51. The predicted molar refractivity (Wildman–Crippen MR) is 131 cm³/mol. The van der Waals surface area contributed by atoms with Crippen molar-refractivity contribution in [3.8, 4) is 0 Å². The second-order valence-electron chi connectivity index (χ2n) is 8.53. The van der Waals surface area contributed by atoms with E-state index >= 15 is 0 Å². The highest BCUT2D eigenvalue weighted by molar-refractivity contribution is 6.31. The Labute approximate surface area is 198 Å². The third kappa shape index (κ3) is 6.25. The molecule has 3 rings (SSSR count). The van der Waals surface area contributed by atoms with Gasteiger partial charge >= 0.3 is 0 Å². The molecule has 0 radical (unpaired) electrons. The number of alkyl halides is 1. The summed E-state index contributed by atoms with van der Waals surface area (Å²) in [5, 5.41) is 3.53. The number of anilines is 2. The first-order valence-electron chi connectivity index (χ1n) is 10.8. The summed E-state index contributed by atoms with van der Waals surface area (Å²) >= 11 is 6.12. The minimum absolute atomic E-state index is 0.371. The average molecular weight is 476 g/mol. The van der Waals surface area contributed by atoms with Crippen LogP contribution in [0.4, 0.5) is 16.2 Å². The van der Waals surface area contributed by atoms with E-state index in [9.17, 15) is 4.39 Å². The zero-order chi connectivity index (χ0) is 24.2. The number of nitrogens with zero attached hydrogens (tertiary/aromatic N) is 5. The number of hydrogen-bond donors (Lipinski definition) is 2. The molecule has 0 bridgehead atoms. The van der Waals surface area contributed by atoms with Crippen LogP contribution in [0.1, 0.15) is 37.8 Å². The summed E-state index contributed by atoms with van der Waals surface area (Å²) in [7, 11) is 3.74. The Morgan fingerprint density at radius 2 is 2.06 bits per heavy atom. The van der Waals surface area contributed by atoms with Gasteiger partial charge in [0.15, 0.2) is 17.3 Å². The summed E-state index contributed by atoms with van der Waals surface area (Å²) in [4.78, 5) is 15.0. The first-order valence-corrected chi connectivity index (χ1v) is 11.1. The summed E-state index contributed by atoms with van der Waals surface area (Å²) in [6.07, 6.45) is 3.42. The second-order valence-corrected chi connectivity index (χ2v) is 8.94. The molecule has 178 valence electrons. The van der Waals surface area contributed by atoms with Gasteiger partial charge in [0, 0.05) is 37.8 Å². The van der Waals surface area contributed by atoms with Gasteiger partial charge in [0.2, 0.25) is 5.95 Å². The molecule has 8 nitrogen and oxygen atoms in total. The molecule has 0 aliphatic rings. The van der Waals surface area contributed by atoms with Gasteiger partial charge in [-0.15, -0.1) is 0 Å². The lowest BCUT2D eigenvalue weighted by molar-refractivity contribution is 0.185. The molecule has 0 amide bonds. The fourth-order valence-corrected chi connectivity index (χ4v) is 3.63. The van der Waals surface area contributed by atoms with E-state index in [1.165, 1.54) is 13.8 Å². The highest BCUT2D eigenvalue weighted by Gasteiger charge is 2.22. The monoisotopic (exact) mass is 475 g/mol. The van der Waals surface area contributed by atoms with E-state index in [-0.39, 0.29) is 0 Å². The Balaban J connectivity index is 1.44. The molecule has 33 heavy (non-hydrogen) atoms. The number of imidazole rings is 1. The van der Waals surface area contributed by atoms with Crippen molar-refractivity contribution >= 4 is 34.5 Å². The Morgan fingerprint density at radius 3 is 2.76 bits per heavy atom. The predicted octanol–water partition coefficient (Wildman–Crippen LogP) is 4.39. The lowest BCUT2D eigenvalue weighted by Crippen LogP contribution is -2.16. The van der Waals surface area contributed by atoms with Crippen molar-refractivity contribution in [2.24, 2.45) is 0 Å². The van der Waals surface area contributed by atoms with Gasteiger partial charge in [-0.2, -0.15) is 9.97 Å². The normalized spacial score (nSPS) is 11.6. The smallest absolute Gasteiger partial charge is 0.228 e. The lowest BCUT2D eigenvalue weighted by atomic mass is 9.98. The third-order valence-electron chi connectivity index (χ3n) is 5.11. The number of aromatic nitrogens is 4. The van der Waals surface area contributed by atoms with Crippen LogP contribution in [-0.4, -0.2) is 40.2 Å². The number of fused-ring (bicyclic) bond motifs is 1. The van der Waals surface area contributed by atoms with Crippen LogP contribution in [-0.2, 0) is 23.5 Å². The number of nitrogen functional groups attached to an aromatic ring is 1. The van der Waals surface area contributed by atoms with Gasteiger partial charge in [-0.05, 0) is 51.0 Å². The fraction of sp³-hybridized carbons (Fsp3) is 0.435. The summed E-state index contributed by atoms with van der Waals surface area (Å²) in [5.74, 6) is 1.39. The number of aryl methyl sites for hydroxylation is 1. The number of rotatable bonds is 11. The van der Waals surface area contributed by atoms with Crippen molar-refractivity contribution in [1.82, 2.24) is 24.8 Å². The molecule has 0 saturated carbocycles. The van der Waals surface area contributed by atoms with Crippen LogP contribution in [0.5, 0.6) is 0 Å². The molecule has 2 heterocycles. The molecule has 0 fully saturated rings. The van der Waals surface area contributed by atoms with Crippen molar-refractivity contribution in [2.75, 3.05) is 31.3 Å². The third-order valence-corrected chi connectivity index (χ3v) is 5.44. The SMILES string of the molecule is C=C(NCc1ccc(Cl)c(C(C)(C)F)c1)OCCCCn1cnc2c(N)nc(N(C)C)nc21. The first-order chi connectivity index (χ1) is 15.6. The van der Waals surface area contributed by atoms with Gasteiger partial charge in [-0.1, -0.05) is 17.7 Å². The molecule has 0 aliphatic heterocycles. The second kappa shape index (κ2) is 10.2. The number of nitrogens with two attached hydrogens (primary N) is 1. The van der Waals surface area contributed by atoms with Gasteiger partial charge in [0.05, 0.1) is 12.9 Å². The van der Waals surface area contributed by atoms with E-state index in [0.717, 1.165) is 30.6 Å². The van der Waals surface area contributed by atoms with Crippen LogP contribution in [0.2, 0.25) is 5.02 Å².